The van der Waals surface area contributed by atoms with Crippen LogP contribution in [0.1, 0.15) is 35.2 Å². The van der Waals surface area contributed by atoms with Crippen LogP contribution < -0.4 is 5.32 Å². The summed E-state index contributed by atoms with van der Waals surface area (Å²) >= 11 is 0. The molecular weight excluding hydrogens is 240 g/mol. The fraction of sp³-hybridized carbons (Fsp3) is 0.533. The number of nitrogens with one attached hydrogen (secondary N) is 1. The molecule has 0 aromatic heterocycles. The average molecular weight is 262 g/mol. The third-order valence-electron chi connectivity index (χ3n) is 3.64. The van der Waals surface area contributed by atoms with Gasteiger partial charge in [-0.15, -0.1) is 0 Å². The summed E-state index contributed by atoms with van der Waals surface area (Å²) < 4.78 is 0. The smallest absolute Gasteiger partial charge is 0.257 e. The quantitative estimate of drug-likeness (QED) is 0.875. The predicted molar refractivity (Wildman–Crippen MR) is 75.4 cm³/mol. The largest absolute Gasteiger partial charge is 0.507 e. The maximum Gasteiger partial charge on any atom is 0.257 e. The number of carbonyl (C=O) groups is 1. The van der Waals surface area contributed by atoms with Gasteiger partial charge < -0.3 is 15.3 Å². The lowest BCUT2D eigenvalue weighted by Gasteiger charge is -2.28. The van der Waals surface area contributed by atoms with Gasteiger partial charge in [0.25, 0.3) is 5.91 Å². The number of hydrogen-bond acceptors (Lipinski definition) is 3. The second-order valence-corrected chi connectivity index (χ2v) is 5.35. The minimum atomic E-state index is -0.117. The standard InChI is InChI=1S/C15H22N2O2/c1-11-6-7-14(18)13(9-11)15(19)17(2)10-12-5-3-4-8-16-12/h6-7,9,12,16,18H,3-5,8,10H2,1-2H3. The number of phenols is 1. The normalized spacial score (nSPS) is 19.2. The highest BCUT2D eigenvalue weighted by Gasteiger charge is 2.20. The third-order valence-corrected chi connectivity index (χ3v) is 3.64. The fourth-order valence-electron chi connectivity index (χ4n) is 2.52. The molecule has 0 bridgehead atoms. The number of aryl methyl sites for hydroxylation is 1. The number of piperidine rings is 1. The summed E-state index contributed by atoms with van der Waals surface area (Å²) in [6, 6.07) is 5.49. The van der Waals surface area contributed by atoms with E-state index >= 15 is 0 Å². The van der Waals surface area contributed by atoms with Crippen LogP contribution in [0.3, 0.4) is 0 Å². The molecule has 2 N–H and O–H groups in total. The number of amides is 1. The Bertz CT molecular complexity index is 453. The fourth-order valence-corrected chi connectivity index (χ4v) is 2.52. The van der Waals surface area contributed by atoms with E-state index in [1.54, 1.807) is 30.1 Å². The molecule has 1 fully saturated rings. The molecule has 4 heteroatoms. The van der Waals surface area contributed by atoms with Gasteiger partial charge in [-0.2, -0.15) is 0 Å². The zero-order valence-electron chi connectivity index (χ0n) is 11.6. The van der Waals surface area contributed by atoms with Gasteiger partial charge in [-0.05, 0) is 38.4 Å². The van der Waals surface area contributed by atoms with Gasteiger partial charge in [0.15, 0.2) is 0 Å². The van der Waals surface area contributed by atoms with Crippen LogP contribution in [-0.4, -0.2) is 42.1 Å². The van der Waals surface area contributed by atoms with E-state index in [1.165, 1.54) is 12.8 Å². The maximum absolute atomic E-state index is 12.3. The van der Waals surface area contributed by atoms with E-state index in [1.807, 2.05) is 6.92 Å². The summed E-state index contributed by atoms with van der Waals surface area (Å²) in [6.07, 6.45) is 3.54. The third kappa shape index (κ3) is 3.47. The zero-order valence-corrected chi connectivity index (χ0v) is 11.6. The number of nitrogens with zero attached hydrogens (tertiary/aromatic N) is 1. The van der Waals surface area contributed by atoms with Crippen LogP contribution in [-0.2, 0) is 0 Å². The van der Waals surface area contributed by atoms with Crippen molar-refractivity contribution in [3.8, 4) is 5.75 Å². The highest BCUT2D eigenvalue weighted by Crippen LogP contribution is 2.20. The zero-order chi connectivity index (χ0) is 13.8. The molecule has 2 rings (SSSR count). The summed E-state index contributed by atoms with van der Waals surface area (Å²) in [5.74, 6) is -0.0624. The van der Waals surface area contributed by atoms with E-state index in [-0.39, 0.29) is 11.7 Å². The number of aromatic hydroxyl groups is 1. The summed E-state index contributed by atoms with van der Waals surface area (Å²) in [7, 11) is 1.79. The topological polar surface area (TPSA) is 52.6 Å². The molecule has 0 spiro atoms. The average Bonchev–Trinajstić information content (AvgIpc) is 2.42. The van der Waals surface area contributed by atoms with E-state index in [2.05, 4.69) is 5.32 Å². The number of phenolic OH excluding ortho intramolecular Hbond substituents is 1. The lowest BCUT2D eigenvalue weighted by molar-refractivity contribution is 0.0772. The minimum absolute atomic E-state index is 0.0547. The molecule has 104 valence electrons. The molecule has 0 saturated carbocycles. The molecule has 1 heterocycles. The van der Waals surface area contributed by atoms with E-state index in [0.29, 0.717) is 18.2 Å². The molecule has 0 radical (unpaired) electrons. The molecule has 4 nitrogen and oxygen atoms in total. The molecule has 1 saturated heterocycles. The van der Waals surface area contributed by atoms with Crippen molar-refractivity contribution in [2.75, 3.05) is 20.1 Å². The molecule has 1 unspecified atom stereocenters. The summed E-state index contributed by atoms with van der Waals surface area (Å²) in [4.78, 5) is 14.0. The molecule has 1 aliphatic rings. The maximum atomic E-state index is 12.3. The van der Waals surface area contributed by atoms with Gasteiger partial charge in [-0.1, -0.05) is 18.1 Å². The summed E-state index contributed by atoms with van der Waals surface area (Å²) in [5.41, 5.74) is 1.36. The first kappa shape index (κ1) is 13.9. The highest BCUT2D eigenvalue weighted by molar-refractivity contribution is 5.96. The number of rotatable bonds is 3. The lowest BCUT2D eigenvalue weighted by atomic mass is 10.0. The first-order valence-electron chi connectivity index (χ1n) is 6.86. The number of carbonyl (C=O) groups excluding carboxylic acids is 1. The lowest BCUT2D eigenvalue weighted by Crippen LogP contribution is -2.44. The van der Waals surface area contributed by atoms with Gasteiger partial charge in [0.05, 0.1) is 5.56 Å². The van der Waals surface area contributed by atoms with Crippen LogP contribution in [0.15, 0.2) is 18.2 Å². The molecule has 1 aliphatic heterocycles. The monoisotopic (exact) mass is 262 g/mol. The highest BCUT2D eigenvalue weighted by atomic mass is 16.3. The Balaban J connectivity index is 2.03. The van der Waals surface area contributed by atoms with Gasteiger partial charge in [0.1, 0.15) is 5.75 Å². The van der Waals surface area contributed by atoms with Crippen LogP contribution >= 0.6 is 0 Å². The van der Waals surface area contributed by atoms with Crippen molar-refractivity contribution < 1.29 is 9.90 Å². The second kappa shape index (κ2) is 6.06. The van der Waals surface area contributed by atoms with Crippen LogP contribution in [0.2, 0.25) is 0 Å². The van der Waals surface area contributed by atoms with Gasteiger partial charge in [0, 0.05) is 19.6 Å². The number of hydrogen-bond donors (Lipinski definition) is 2. The first-order chi connectivity index (χ1) is 9.08. The Morgan fingerprint density at radius 3 is 2.95 bits per heavy atom. The van der Waals surface area contributed by atoms with Crippen molar-refractivity contribution in [2.24, 2.45) is 0 Å². The number of benzene rings is 1. The van der Waals surface area contributed by atoms with Crippen LogP contribution in [0, 0.1) is 6.92 Å². The Kier molecular flexibility index (Phi) is 4.43. The van der Waals surface area contributed by atoms with Gasteiger partial charge in [-0.3, -0.25) is 4.79 Å². The van der Waals surface area contributed by atoms with E-state index < -0.39 is 0 Å². The molecule has 19 heavy (non-hydrogen) atoms. The van der Waals surface area contributed by atoms with Crippen molar-refractivity contribution in [1.82, 2.24) is 10.2 Å². The van der Waals surface area contributed by atoms with Crippen molar-refractivity contribution in [3.05, 3.63) is 29.3 Å². The van der Waals surface area contributed by atoms with Crippen molar-refractivity contribution in [2.45, 2.75) is 32.2 Å². The number of likely N-dealkylation sites (N-methyl/N-ethyl adjacent to an activating group) is 1. The van der Waals surface area contributed by atoms with Crippen LogP contribution in [0.5, 0.6) is 5.75 Å². The minimum Gasteiger partial charge on any atom is -0.507 e. The van der Waals surface area contributed by atoms with Crippen LogP contribution in [0.4, 0.5) is 0 Å². The predicted octanol–water partition coefficient (Wildman–Crippen LogP) is 1.91. The second-order valence-electron chi connectivity index (χ2n) is 5.35. The van der Waals surface area contributed by atoms with Gasteiger partial charge in [-0.25, -0.2) is 0 Å². The molecule has 1 amide bonds. The molecule has 0 aliphatic carbocycles. The Morgan fingerprint density at radius 2 is 2.26 bits per heavy atom. The summed E-state index contributed by atoms with van der Waals surface area (Å²) in [5, 5.41) is 13.2. The van der Waals surface area contributed by atoms with Gasteiger partial charge in [0.2, 0.25) is 0 Å². The first-order valence-corrected chi connectivity index (χ1v) is 6.86. The van der Waals surface area contributed by atoms with E-state index in [9.17, 15) is 9.90 Å². The van der Waals surface area contributed by atoms with E-state index in [0.717, 1.165) is 18.5 Å². The SMILES string of the molecule is Cc1ccc(O)c(C(=O)N(C)CC2CCCCN2)c1. The van der Waals surface area contributed by atoms with Crippen molar-refractivity contribution in [1.29, 1.82) is 0 Å². The van der Waals surface area contributed by atoms with Crippen molar-refractivity contribution in [3.63, 3.8) is 0 Å². The summed E-state index contributed by atoms with van der Waals surface area (Å²) in [6.45, 7) is 3.63. The molecular formula is C15H22N2O2. The van der Waals surface area contributed by atoms with E-state index in [4.69, 9.17) is 0 Å². The molecule has 1 aromatic carbocycles. The Morgan fingerprint density at radius 1 is 1.47 bits per heavy atom. The van der Waals surface area contributed by atoms with Crippen LogP contribution in [0.25, 0.3) is 0 Å². The molecule has 1 atom stereocenters. The van der Waals surface area contributed by atoms with Gasteiger partial charge >= 0.3 is 0 Å². The molecule has 1 aromatic rings. The van der Waals surface area contributed by atoms with Crippen molar-refractivity contribution >= 4 is 5.91 Å². The Labute approximate surface area is 114 Å². The Hall–Kier alpha value is -1.55.